The highest BCUT2D eigenvalue weighted by atomic mass is 35.5. The van der Waals surface area contributed by atoms with Gasteiger partial charge in [-0.15, -0.1) is 12.4 Å². The van der Waals surface area contributed by atoms with Crippen molar-refractivity contribution in [1.82, 2.24) is 4.90 Å². The molecule has 0 fully saturated rings. The van der Waals surface area contributed by atoms with Crippen LogP contribution in [0.2, 0.25) is 0 Å². The molecular weight excluding hydrogens is 408 g/mol. The summed E-state index contributed by atoms with van der Waals surface area (Å²) in [5.41, 5.74) is 0.575. The van der Waals surface area contributed by atoms with E-state index in [4.69, 9.17) is 9.15 Å². The zero-order valence-electron chi connectivity index (χ0n) is 18.1. The molecule has 30 heavy (non-hydrogen) atoms. The minimum Gasteiger partial charge on any atom is -0.459 e. The van der Waals surface area contributed by atoms with Gasteiger partial charge in [-0.25, -0.2) is 4.79 Å². The molecule has 0 aliphatic rings. The van der Waals surface area contributed by atoms with Crippen molar-refractivity contribution in [2.75, 3.05) is 26.2 Å². The second kappa shape index (κ2) is 11.7. The van der Waals surface area contributed by atoms with Crippen molar-refractivity contribution in [2.24, 2.45) is 5.41 Å². The van der Waals surface area contributed by atoms with E-state index >= 15 is 0 Å². The fourth-order valence-electron chi connectivity index (χ4n) is 3.28. The summed E-state index contributed by atoms with van der Waals surface area (Å²) >= 11 is 0. The summed E-state index contributed by atoms with van der Waals surface area (Å²) in [5.74, 6) is 0.0958. The Kier molecular flexibility index (Phi) is 10.0. The zero-order valence-corrected chi connectivity index (χ0v) is 18.9. The van der Waals surface area contributed by atoms with E-state index in [1.54, 1.807) is 24.3 Å². The maximum atomic E-state index is 12.5. The van der Waals surface area contributed by atoms with E-state index in [-0.39, 0.29) is 29.3 Å². The summed E-state index contributed by atoms with van der Waals surface area (Å²) < 4.78 is 11.2. The largest absolute Gasteiger partial charge is 0.459 e. The van der Waals surface area contributed by atoms with Crippen LogP contribution in [-0.4, -0.2) is 42.0 Å². The number of esters is 1. The zero-order chi connectivity index (χ0) is 21.4. The maximum absolute atomic E-state index is 12.5. The van der Waals surface area contributed by atoms with Gasteiger partial charge in [0.25, 0.3) is 5.69 Å². The Morgan fingerprint density at radius 3 is 2.17 bits per heavy atom. The van der Waals surface area contributed by atoms with Crippen LogP contribution in [0.3, 0.4) is 0 Å². The van der Waals surface area contributed by atoms with Crippen LogP contribution in [-0.2, 0) is 4.74 Å². The van der Waals surface area contributed by atoms with Gasteiger partial charge in [0.2, 0.25) is 5.76 Å². The second-order valence-electron chi connectivity index (χ2n) is 7.21. The van der Waals surface area contributed by atoms with E-state index in [9.17, 15) is 14.9 Å². The molecule has 1 aromatic heterocycles. The molecule has 166 valence electrons. The summed E-state index contributed by atoms with van der Waals surface area (Å²) in [5, 5.41) is 10.8. The number of ether oxygens (including phenoxy) is 1. The maximum Gasteiger partial charge on any atom is 0.374 e. The van der Waals surface area contributed by atoms with Crippen LogP contribution in [0.5, 0.6) is 0 Å². The van der Waals surface area contributed by atoms with E-state index in [1.165, 1.54) is 12.1 Å². The molecule has 2 rings (SSSR count). The molecule has 0 bridgehead atoms. The number of carbonyl (C=O) groups excluding carboxylic acids is 1. The van der Waals surface area contributed by atoms with Gasteiger partial charge in [0.1, 0.15) is 5.76 Å². The van der Waals surface area contributed by atoms with Gasteiger partial charge < -0.3 is 14.1 Å². The molecule has 2 aromatic rings. The van der Waals surface area contributed by atoms with Gasteiger partial charge in [-0.2, -0.15) is 0 Å². The van der Waals surface area contributed by atoms with Gasteiger partial charge >= 0.3 is 5.97 Å². The molecule has 0 N–H and O–H groups in total. The number of carbonyl (C=O) groups is 1. The molecule has 0 saturated heterocycles. The minimum absolute atomic E-state index is 0. The highest BCUT2D eigenvalue weighted by Gasteiger charge is 2.30. The third kappa shape index (κ3) is 6.31. The number of nitrogens with zero attached hydrogens (tertiary/aromatic N) is 2. The lowest BCUT2D eigenvalue weighted by molar-refractivity contribution is -0.384. The van der Waals surface area contributed by atoms with E-state index in [0.717, 1.165) is 32.5 Å². The number of rotatable bonds is 11. The SMILES string of the molecule is CCN(CC)CC(CC)(CC)COC(=O)c1ccc(-c2ccc([N+](=O)[O-])cc2)o1.Cl. The van der Waals surface area contributed by atoms with Crippen molar-refractivity contribution >= 4 is 24.1 Å². The monoisotopic (exact) mass is 438 g/mol. The molecule has 0 spiro atoms. The van der Waals surface area contributed by atoms with Gasteiger partial charge in [-0.3, -0.25) is 10.1 Å². The third-order valence-corrected chi connectivity index (χ3v) is 5.63. The fraction of sp³-hybridized carbons (Fsp3) is 0.500. The van der Waals surface area contributed by atoms with Crippen LogP contribution in [0.4, 0.5) is 5.69 Å². The number of benzene rings is 1. The summed E-state index contributed by atoms with van der Waals surface area (Å²) in [6.45, 7) is 11.7. The molecule has 0 aliphatic carbocycles. The molecule has 0 radical (unpaired) electrons. The van der Waals surface area contributed by atoms with E-state index in [0.29, 0.717) is 17.9 Å². The molecule has 0 amide bonds. The molecule has 8 heteroatoms. The van der Waals surface area contributed by atoms with Gasteiger partial charge in [0.15, 0.2) is 0 Å². The predicted octanol–water partition coefficient (Wildman–Crippen LogP) is 5.58. The van der Waals surface area contributed by atoms with E-state index in [1.807, 2.05) is 0 Å². The summed E-state index contributed by atoms with van der Waals surface area (Å²) in [4.78, 5) is 25.2. The Morgan fingerprint density at radius 2 is 1.67 bits per heavy atom. The molecular formula is C22H31ClN2O5. The van der Waals surface area contributed by atoms with Crippen LogP contribution >= 0.6 is 12.4 Å². The Bertz CT molecular complexity index is 811. The van der Waals surface area contributed by atoms with Gasteiger partial charge in [-0.1, -0.05) is 27.7 Å². The Hall–Kier alpha value is -2.38. The average Bonchev–Trinajstić information content (AvgIpc) is 3.25. The second-order valence-corrected chi connectivity index (χ2v) is 7.21. The van der Waals surface area contributed by atoms with Gasteiger partial charge in [0, 0.05) is 29.7 Å². The first-order valence-corrected chi connectivity index (χ1v) is 10.1. The van der Waals surface area contributed by atoms with Crippen molar-refractivity contribution < 1.29 is 18.9 Å². The first-order valence-electron chi connectivity index (χ1n) is 10.1. The first-order chi connectivity index (χ1) is 13.9. The smallest absolute Gasteiger partial charge is 0.374 e. The molecule has 0 unspecified atom stereocenters. The van der Waals surface area contributed by atoms with Crippen molar-refractivity contribution in [3.05, 3.63) is 52.3 Å². The third-order valence-electron chi connectivity index (χ3n) is 5.63. The number of hydrogen-bond acceptors (Lipinski definition) is 6. The number of nitro benzene ring substituents is 1. The molecule has 7 nitrogen and oxygen atoms in total. The first kappa shape index (κ1) is 25.7. The van der Waals surface area contributed by atoms with Crippen molar-refractivity contribution in [2.45, 2.75) is 40.5 Å². The van der Waals surface area contributed by atoms with Crippen LogP contribution in [0.25, 0.3) is 11.3 Å². The lowest BCUT2D eigenvalue weighted by Crippen LogP contribution is -2.40. The molecule has 0 aliphatic heterocycles. The lowest BCUT2D eigenvalue weighted by Gasteiger charge is -2.35. The van der Waals surface area contributed by atoms with Crippen molar-refractivity contribution in [1.29, 1.82) is 0 Å². The number of nitro groups is 1. The highest BCUT2D eigenvalue weighted by molar-refractivity contribution is 5.87. The minimum atomic E-state index is -0.496. The molecule has 0 atom stereocenters. The lowest BCUT2D eigenvalue weighted by atomic mass is 9.82. The van der Waals surface area contributed by atoms with E-state index < -0.39 is 10.9 Å². The van der Waals surface area contributed by atoms with E-state index in [2.05, 4.69) is 32.6 Å². The predicted molar refractivity (Wildman–Crippen MR) is 119 cm³/mol. The van der Waals surface area contributed by atoms with Crippen LogP contribution in [0.15, 0.2) is 40.8 Å². The summed E-state index contributed by atoms with van der Waals surface area (Å²) in [7, 11) is 0. The summed E-state index contributed by atoms with van der Waals surface area (Å²) in [6.07, 6.45) is 1.83. The normalized spacial score (nSPS) is 11.2. The molecule has 1 aromatic carbocycles. The van der Waals surface area contributed by atoms with Crippen molar-refractivity contribution in [3.8, 4) is 11.3 Å². The Balaban J connectivity index is 0.00000450. The Labute approximate surface area is 184 Å². The number of non-ortho nitro benzene ring substituents is 1. The molecule has 1 heterocycles. The quantitative estimate of drug-likeness (QED) is 0.258. The van der Waals surface area contributed by atoms with Crippen LogP contribution < -0.4 is 0 Å². The standard InChI is InChI=1S/C22H30N2O5.ClH/c1-5-22(6-2,15-23(7-3)8-4)16-28-21(25)20-14-13-19(29-20)17-9-11-18(12-10-17)24(26)27;/h9-14H,5-8,15-16H2,1-4H3;1H. The van der Waals surface area contributed by atoms with Crippen molar-refractivity contribution in [3.63, 3.8) is 0 Å². The Morgan fingerprint density at radius 1 is 1.07 bits per heavy atom. The average molecular weight is 439 g/mol. The number of hydrogen-bond donors (Lipinski definition) is 0. The highest BCUT2D eigenvalue weighted by Crippen LogP contribution is 2.29. The van der Waals surface area contributed by atoms with Gasteiger partial charge in [0.05, 0.1) is 11.5 Å². The fourth-order valence-corrected chi connectivity index (χ4v) is 3.28. The van der Waals surface area contributed by atoms with Gasteiger partial charge in [-0.05, 0) is 50.2 Å². The topological polar surface area (TPSA) is 85.8 Å². The number of halogens is 1. The van der Waals surface area contributed by atoms with Crippen LogP contribution in [0, 0.1) is 15.5 Å². The number of furan rings is 1. The molecule has 0 saturated carbocycles. The van der Waals surface area contributed by atoms with Crippen LogP contribution in [0.1, 0.15) is 51.1 Å². The summed E-state index contributed by atoms with van der Waals surface area (Å²) in [6, 6.07) is 9.23.